The van der Waals surface area contributed by atoms with Crippen LogP contribution < -0.4 is 10.3 Å². The molecule has 0 aromatic carbocycles. The molecule has 1 aromatic rings. The summed E-state index contributed by atoms with van der Waals surface area (Å²) in [4.78, 5) is 0. The van der Waals surface area contributed by atoms with Crippen LogP contribution in [0.1, 0.15) is 6.42 Å². The molecule has 0 spiro atoms. The Morgan fingerprint density at radius 2 is 2.14 bits per heavy atom. The van der Waals surface area contributed by atoms with Gasteiger partial charge >= 0.3 is 0 Å². The second-order valence-corrected chi connectivity index (χ2v) is 4.53. The SMILES string of the molecule is Nc1cccc[n+]1CCCS(=O)(=O)O. The average Bonchev–Trinajstić information content (AvgIpc) is 2.06. The molecule has 0 aliphatic rings. The number of anilines is 1. The largest absolute Gasteiger partial charge is 0.287 e. The van der Waals surface area contributed by atoms with Crippen LogP contribution in [0.5, 0.6) is 0 Å². The number of hydrogen-bond acceptors (Lipinski definition) is 3. The molecule has 0 saturated carbocycles. The molecule has 0 unspecified atom stereocenters. The lowest BCUT2D eigenvalue weighted by Gasteiger charge is -2.01. The Morgan fingerprint density at radius 3 is 2.71 bits per heavy atom. The van der Waals surface area contributed by atoms with E-state index in [1.807, 2.05) is 6.07 Å². The molecule has 0 amide bonds. The van der Waals surface area contributed by atoms with E-state index in [4.69, 9.17) is 10.3 Å². The minimum absolute atomic E-state index is 0.242. The maximum atomic E-state index is 10.4. The van der Waals surface area contributed by atoms with Crippen LogP contribution >= 0.6 is 0 Å². The van der Waals surface area contributed by atoms with Crippen molar-refractivity contribution in [1.82, 2.24) is 0 Å². The highest BCUT2D eigenvalue weighted by Gasteiger charge is 2.07. The Balaban J connectivity index is 2.51. The molecule has 0 saturated heterocycles. The molecule has 0 bridgehead atoms. The summed E-state index contributed by atoms with van der Waals surface area (Å²) in [6.45, 7) is 0.479. The van der Waals surface area contributed by atoms with Crippen molar-refractivity contribution in [2.24, 2.45) is 0 Å². The predicted octanol–water partition coefficient (Wildman–Crippen LogP) is -0.166. The Kier molecular flexibility index (Phi) is 3.43. The normalized spacial score (nSPS) is 11.5. The van der Waals surface area contributed by atoms with Crippen molar-refractivity contribution in [3.8, 4) is 0 Å². The average molecular weight is 217 g/mol. The van der Waals surface area contributed by atoms with Crippen LogP contribution in [-0.4, -0.2) is 18.7 Å². The second-order valence-electron chi connectivity index (χ2n) is 2.96. The summed E-state index contributed by atoms with van der Waals surface area (Å²) in [5.41, 5.74) is 5.62. The maximum absolute atomic E-state index is 10.4. The van der Waals surface area contributed by atoms with Gasteiger partial charge in [0.15, 0.2) is 0 Å². The van der Waals surface area contributed by atoms with E-state index in [0.717, 1.165) is 0 Å². The molecule has 5 nitrogen and oxygen atoms in total. The predicted molar refractivity (Wildman–Crippen MR) is 52.1 cm³/mol. The molecule has 0 atom stereocenters. The minimum atomic E-state index is -3.86. The van der Waals surface area contributed by atoms with Crippen molar-refractivity contribution in [3.05, 3.63) is 24.4 Å². The van der Waals surface area contributed by atoms with Gasteiger partial charge in [-0.2, -0.15) is 8.42 Å². The van der Waals surface area contributed by atoms with Gasteiger partial charge in [0, 0.05) is 12.5 Å². The monoisotopic (exact) mass is 217 g/mol. The van der Waals surface area contributed by atoms with Gasteiger partial charge in [-0.25, -0.2) is 4.57 Å². The van der Waals surface area contributed by atoms with Gasteiger partial charge in [0.1, 0.15) is 0 Å². The molecule has 0 aliphatic heterocycles. The van der Waals surface area contributed by atoms with Crippen LogP contribution in [0.3, 0.4) is 0 Å². The van der Waals surface area contributed by atoms with E-state index in [1.54, 1.807) is 22.9 Å². The summed E-state index contributed by atoms with van der Waals surface area (Å²) in [6.07, 6.45) is 2.11. The maximum Gasteiger partial charge on any atom is 0.272 e. The van der Waals surface area contributed by atoms with E-state index in [2.05, 4.69) is 0 Å². The van der Waals surface area contributed by atoms with Crippen LogP contribution in [0, 0.1) is 0 Å². The summed E-state index contributed by atoms with van der Waals surface area (Å²) in [5, 5.41) is 0. The zero-order valence-corrected chi connectivity index (χ0v) is 8.44. The number of rotatable bonds is 4. The first-order valence-corrected chi connectivity index (χ1v) is 5.79. The van der Waals surface area contributed by atoms with Gasteiger partial charge in [0.2, 0.25) is 0 Å². The topological polar surface area (TPSA) is 84.3 Å². The molecular weight excluding hydrogens is 204 g/mol. The van der Waals surface area contributed by atoms with Crippen molar-refractivity contribution < 1.29 is 17.5 Å². The van der Waals surface area contributed by atoms with Crippen molar-refractivity contribution in [2.75, 3.05) is 11.5 Å². The number of hydrogen-bond donors (Lipinski definition) is 2. The number of aromatic nitrogens is 1. The molecule has 0 aliphatic carbocycles. The highest BCUT2D eigenvalue weighted by molar-refractivity contribution is 7.85. The fraction of sp³-hybridized carbons (Fsp3) is 0.375. The molecule has 6 heteroatoms. The van der Waals surface area contributed by atoms with Gasteiger partial charge in [-0.15, -0.1) is 0 Å². The summed E-state index contributed by atoms with van der Waals surface area (Å²) < 4.78 is 31.1. The van der Waals surface area contributed by atoms with Crippen molar-refractivity contribution in [1.29, 1.82) is 0 Å². The van der Waals surface area contributed by atoms with Gasteiger partial charge in [-0.05, 0) is 6.07 Å². The third-order valence-electron chi connectivity index (χ3n) is 1.78. The third-order valence-corrected chi connectivity index (χ3v) is 2.58. The Bertz CT molecular complexity index is 403. The van der Waals surface area contributed by atoms with Gasteiger partial charge in [0.25, 0.3) is 15.9 Å². The Labute approximate surface area is 82.9 Å². The van der Waals surface area contributed by atoms with Crippen LogP contribution in [-0.2, 0) is 16.7 Å². The number of nitrogens with two attached hydrogens (primary N) is 1. The first kappa shape index (κ1) is 10.9. The summed E-state index contributed by atoms with van der Waals surface area (Å²) in [7, 11) is -3.86. The fourth-order valence-electron chi connectivity index (χ4n) is 1.11. The van der Waals surface area contributed by atoms with E-state index in [9.17, 15) is 8.42 Å². The molecule has 0 radical (unpaired) electrons. The van der Waals surface area contributed by atoms with Gasteiger partial charge in [0.05, 0.1) is 18.5 Å². The lowest BCUT2D eigenvalue weighted by Crippen LogP contribution is -2.37. The summed E-state index contributed by atoms with van der Waals surface area (Å²) in [5.74, 6) is 0.330. The van der Waals surface area contributed by atoms with Crippen LogP contribution in [0.15, 0.2) is 24.4 Å². The fourth-order valence-corrected chi connectivity index (χ4v) is 1.60. The standard InChI is InChI=1S/C8H12N2O3S/c9-8-4-1-2-5-10(8)6-3-7-14(11,12)13/h1-2,4-5,9H,3,6-7H2,(H,11,12,13)/p+1. The Morgan fingerprint density at radius 1 is 1.43 bits per heavy atom. The quantitative estimate of drug-likeness (QED) is 0.542. The highest BCUT2D eigenvalue weighted by Crippen LogP contribution is 1.93. The third kappa shape index (κ3) is 3.71. The second kappa shape index (κ2) is 4.39. The molecule has 1 heterocycles. The zero-order chi connectivity index (χ0) is 10.6. The van der Waals surface area contributed by atoms with Gasteiger partial charge in [-0.1, -0.05) is 6.07 Å². The summed E-state index contributed by atoms with van der Waals surface area (Å²) in [6, 6.07) is 5.34. The minimum Gasteiger partial charge on any atom is -0.287 e. The van der Waals surface area contributed by atoms with Crippen molar-refractivity contribution in [2.45, 2.75) is 13.0 Å². The number of nitrogen functional groups attached to an aromatic ring is 1. The molecule has 14 heavy (non-hydrogen) atoms. The van der Waals surface area contributed by atoms with Crippen molar-refractivity contribution in [3.63, 3.8) is 0 Å². The first-order chi connectivity index (χ1) is 6.49. The molecule has 3 N–H and O–H groups in total. The molecule has 1 rings (SSSR count). The van der Waals surface area contributed by atoms with E-state index in [0.29, 0.717) is 18.8 Å². The van der Waals surface area contributed by atoms with E-state index in [1.165, 1.54) is 0 Å². The lowest BCUT2D eigenvalue weighted by atomic mass is 10.4. The zero-order valence-electron chi connectivity index (χ0n) is 7.63. The number of aryl methyl sites for hydroxylation is 1. The molecule has 1 aromatic heterocycles. The summed E-state index contributed by atoms with van der Waals surface area (Å²) >= 11 is 0. The van der Waals surface area contributed by atoms with Gasteiger partial charge < -0.3 is 0 Å². The Hall–Kier alpha value is -1.14. The molecule has 78 valence electrons. The van der Waals surface area contributed by atoms with Crippen LogP contribution in [0.2, 0.25) is 0 Å². The van der Waals surface area contributed by atoms with Crippen LogP contribution in [0.4, 0.5) is 5.82 Å². The van der Waals surface area contributed by atoms with Crippen LogP contribution in [0.25, 0.3) is 0 Å². The smallest absolute Gasteiger partial charge is 0.272 e. The molecule has 0 fully saturated rings. The molecular formula is C8H13N2O3S+. The van der Waals surface area contributed by atoms with E-state index >= 15 is 0 Å². The number of pyridine rings is 1. The lowest BCUT2D eigenvalue weighted by molar-refractivity contribution is -0.682. The van der Waals surface area contributed by atoms with E-state index in [-0.39, 0.29) is 5.75 Å². The van der Waals surface area contributed by atoms with Gasteiger partial charge in [-0.3, -0.25) is 10.3 Å². The number of nitrogens with zero attached hydrogens (tertiary/aromatic N) is 1. The van der Waals surface area contributed by atoms with E-state index < -0.39 is 10.1 Å². The first-order valence-electron chi connectivity index (χ1n) is 4.18. The van der Waals surface area contributed by atoms with Crippen molar-refractivity contribution >= 4 is 15.9 Å². The highest BCUT2D eigenvalue weighted by atomic mass is 32.2.